The number of benzene rings is 1. The van der Waals surface area contributed by atoms with Gasteiger partial charge in [-0.3, -0.25) is 4.90 Å². The molecule has 1 aliphatic heterocycles. The van der Waals surface area contributed by atoms with Crippen molar-refractivity contribution in [1.29, 1.82) is 0 Å². The van der Waals surface area contributed by atoms with Crippen molar-refractivity contribution in [2.45, 2.75) is 19.4 Å². The fraction of sp³-hybridized carbons (Fsp3) is 0.538. The molecule has 1 N–H and O–H groups in total. The van der Waals surface area contributed by atoms with Crippen LogP contribution in [0.3, 0.4) is 0 Å². The van der Waals surface area contributed by atoms with Crippen LogP contribution in [0.25, 0.3) is 0 Å². The van der Waals surface area contributed by atoms with E-state index in [4.69, 9.17) is 11.6 Å². The van der Waals surface area contributed by atoms with Gasteiger partial charge in [0.2, 0.25) is 0 Å². The van der Waals surface area contributed by atoms with Gasteiger partial charge in [0.05, 0.1) is 0 Å². The molecule has 1 atom stereocenters. The molecule has 0 radical (unpaired) electrons. The summed E-state index contributed by atoms with van der Waals surface area (Å²) < 4.78 is 13.6. The highest BCUT2D eigenvalue weighted by Gasteiger charge is 2.18. The second kappa shape index (κ2) is 7.29. The Morgan fingerprint density at radius 3 is 2.94 bits per heavy atom. The van der Waals surface area contributed by atoms with Gasteiger partial charge in [-0.1, -0.05) is 17.7 Å². The average Bonchev–Trinajstić information content (AvgIpc) is 2.30. The first kappa shape index (κ1) is 15.7. The molecule has 1 saturated heterocycles. The van der Waals surface area contributed by atoms with Crippen LogP contribution in [0.5, 0.6) is 0 Å². The molecule has 1 fully saturated rings. The molecule has 0 aliphatic carbocycles. The number of rotatable bonds is 3. The summed E-state index contributed by atoms with van der Waals surface area (Å²) in [5.74, 6) is -0.194. The number of nitrogens with one attached hydrogen (secondary N) is 1. The van der Waals surface area contributed by atoms with Crippen molar-refractivity contribution in [2.24, 2.45) is 0 Å². The van der Waals surface area contributed by atoms with Gasteiger partial charge in [-0.15, -0.1) is 12.4 Å². The highest BCUT2D eigenvalue weighted by Crippen LogP contribution is 2.20. The lowest BCUT2D eigenvalue weighted by Crippen LogP contribution is -2.50. The fourth-order valence-electron chi connectivity index (χ4n) is 2.24. The lowest BCUT2D eigenvalue weighted by atomic mass is 10.1. The van der Waals surface area contributed by atoms with Gasteiger partial charge in [0.15, 0.2) is 0 Å². The molecule has 2 rings (SSSR count). The second-order valence-corrected chi connectivity index (χ2v) is 4.95. The third-order valence-corrected chi connectivity index (χ3v) is 3.70. The molecular formula is C13H19Cl2FN2. The monoisotopic (exact) mass is 292 g/mol. The number of halogens is 3. The second-order valence-electron chi connectivity index (χ2n) is 4.54. The van der Waals surface area contributed by atoms with Crippen LogP contribution in [-0.4, -0.2) is 37.1 Å². The Kier molecular flexibility index (Phi) is 6.36. The van der Waals surface area contributed by atoms with Gasteiger partial charge in [0.25, 0.3) is 0 Å². The Morgan fingerprint density at radius 2 is 2.28 bits per heavy atom. The van der Waals surface area contributed by atoms with Gasteiger partial charge >= 0.3 is 0 Å². The molecule has 5 heteroatoms. The first-order valence-corrected chi connectivity index (χ1v) is 6.44. The van der Waals surface area contributed by atoms with Crippen molar-refractivity contribution < 1.29 is 4.39 Å². The van der Waals surface area contributed by atoms with Crippen molar-refractivity contribution in [3.05, 3.63) is 34.6 Å². The third kappa shape index (κ3) is 3.82. The fourth-order valence-corrected chi connectivity index (χ4v) is 2.50. The molecule has 0 amide bonds. The number of hydrogen-bond donors (Lipinski definition) is 1. The average molecular weight is 293 g/mol. The maximum absolute atomic E-state index is 13.6. The summed E-state index contributed by atoms with van der Waals surface area (Å²) >= 11 is 6.01. The van der Waals surface area contributed by atoms with E-state index in [0.29, 0.717) is 23.0 Å². The summed E-state index contributed by atoms with van der Waals surface area (Å²) in [5.41, 5.74) is 0.639. The van der Waals surface area contributed by atoms with Gasteiger partial charge in [-0.05, 0) is 25.5 Å². The van der Waals surface area contributed by atoms with E-state index in [2.05, 4.69) is 17.1 Å². The molecule has 0 unspecified atom stereocenters. The molecule has 0 aromatic heterocycles. The molecule has 2 nitrogen and oxygen atoms in total. The van der Waals surface area contributed by atoms with Gasteiger partial charge in [0.1, 0.15) is 5.82 Å². The standard InChI is InChI=1S/C13H18ClFN2.ClH/c1-10-9-16-6-8-17(10)7-5-11-12(14)3-2-4-13(11)15;/h2-4,10,16H,5-9H2,1H3;1H/t10-;/m1./s1. The van der Waals surface area contributed by atoms with Crippen LogP contribution in [0.2, 0.25) is 5.02 Å². The van der Waals surface area contributed by atoms with E-state index in [1.165, 1.54) is 6.07 Å². The van der Waals surface area contributed by atoms with E-state index in [-0.39, 0.29) is 18.2 Å². The molecule has 1 heterocycles. The van der Waals surface area contributed by atoms with Crippen molar-refractivity contribution in [3.63, 3.8) is 0 Å². The van der Waals surface area contributed by atoms with E-state index in [1.54, 1.807) is 12.1 Å². The summed E-state index contributed by atoms with van der Waals surface area (Å²) in [6.45, 7) is 6.09. The molecule has 0 saturated carbocycles. The number of nitrogens with zero attached hydrogens (tertiary/aromatic N) is 1. The van der Waals surface area contributed by atoms with Crippen LogP contribution < -0.4 is 5.32 Å². The Morgan fingerprint density at radius 1 is 1.50 bits per heavy atom. The predicted octanol–water partition coefficient (Wildman–Crippen LogP) is 2.74. The van der Waals surface area contributed by atoms with Crippen molar-refractivity contribution in [2.75, 3.05) is 26.2 Å². The zero-order valence-electron chi connectivity index (χ0n) is 10.5. The Hall–Kier alpha value is -0.350. The van der Waals surface area contributed by atoms with Crippen LogP contribution in [0, 0.1) is 5.82 Å². The Bertz CT molecular complexity index is 367. The van der Waals surface area contributed by atoms with Crippen LogP contribution in [0.4, 0.5) is 4.39 Å². The lowest BCUT2D eigenvalue weighted by Gasteiger charge is -2.33. The minimum absolute atomic E-state index is 0. The van der Waals surface area contributed by atoms with Crippen LogP contribution in [0.1, 0.15) is 12.5 Å². The molecule has 1 aliphatic rings. The molecule has 1 aromatic carbocycles. The van der Waals surface area contributed by atoms with E-state index >= 15 is 0 Å². The van der Waals surface area contributed by atoms with Crippen molar-refractivity contribution in [3.8, 4) is 0 Å². The van der Waals surface area contributed by atoms with E-state index in [0.717, 1.165) is 26.2 Å². The van der Waals surface area contributed by atoms with Crippen molar-refractivity contribution >= 4 is 24.0 Å². The summed E-state index contributed by atoms with van der Waals surface area (Å²) in [6.07, 6.45) is 0.676. The summed E-state index contributed by atoms with van der Waals surface area (Å²) in [5, 5.41) is 3.88. The maximum atomic E-state index is 13.6. The molecule has 0 bridgehead atoms. The normalized spacial score (nSPS) is 20.5. The van der Waals surface area contributed by atoms with E-state index in [1.807, 2.05) is 0 Å². The SMILES string of the molecule is C[C@@H]1CNCCN1CCc1c(F)cccc1Cl.Cl. The molecule has 102 valence electrons. The quantitative estimate of drug-likeness (QED) is 0.922. The zero-order valence-corrected chi connectivity index (χ0v) is 12.0. The van der Waals surface area contributed by atoms with Crippen LogP contribution in [0.15, 0.2) is 18.2 Å². The summed E-state index contributed by atoms with van der Waals surface area (Å²) in [6, 6.07) is 5.38. The topological polar surface area (TPSA) is 15.3 Å². The zero-order chi connectivity index (χ0) is 12.3. The van der Waals surface area contributed by atoms with Crippen LogP contribution in [-0.2, 0) is 6.42 Å². The number of piperazine rings is 1. The molecular weight excluding hydrogens is 274 g/mol. The number of hydrogen-bond acceptors (Lipinski definition) is 2. The third-order valence-electron chi connectivity index (χ3n) is 3.35. The molecule has 18 heavy (non-hydrogen) atoms. The van der Waals surface area contributed by atoms with Gasteiger partial charge < -0.3 is 5.32 Å². The maximum Gasteiger partial charge on any atom is 0.127 e. The van der Waals surface area contributed by atoms with Crippen LogP contribution >= 0.6 is 24.0 Å². The summed E-state index contributed by atoms with van der Waals surface area (Å²) in [4.78, 5) is 2.37. The minimum atomic E-state index is -0.194. The summed E-state index contributed by atoms with van der Waals surface area (Å²) in [7, 11) is 0. The Balaban J connectivity index is 0.00000162. The van der Waals surface area contributed by atoms with Gasteiger partial charge in [0, 0.05) is 42.8 Å². The molecule has 1 aromatic rings. The smallest absolute Gasteiger partial charge is 0.127 e. The van der Waals surface area contributed by atoms with Gasteiger partial charge in [-0.25, -0.2) is 4.39 Å². The predicted molar refractivity (Wildman–Crippen MR) is 76.3 cm³/mol. The first-order valence-electron chi connectivity index (χ1n) is 6.06. The lowest BCUT2D eigenvalue weighted by molar-refractivity contribution is 0.175. The minimum Gasteiger partial charge on any atom is -0.314 e. The largest absolute Gasteiger partial charge is 0.314 e. The van der Waals surface area contributed by atoms with E-state index < -0.39 is 0 Å². The first-order chi connectivity index (χ1) is 8.18. The molecule has 0 spiro atoms. The highest BCUT2D eigenvalue weighted by molar-refractivity contribution is 6.31. The highest BCUT2D eigenvalue weighted by atomic mass is 35.5. The van der Waals surface area contributed by atoms with Crippen molar-refractivity contribution in [1.82, 2.24) is 10.2 Å². The van der Waals surface area contributed by atoms with Gasteiger partial charge in [-0.2, -0.15) is 0 Å². The van der Waals surface area contributed by atoms with E-state index in [9.17, 15) is 4.39 Å². The Labute approximate surface area is 119 Å².